The summed E-state index contributed by atoms with van der Waals surface area (Å²) in [6, 6.07) is 7.45. The van der Waals surface area contributed by atoms with Crippen molar-refractivity contribution in [1.29, 1.82) is 0 Å². The van der Waals surface area contributed by atoms with E-state index in [-0.39, 0.29) is 23.6 Å². The minimum atomic E-state index is -0.535. The summed E-state index contributed by atoms with van der Waals surface area (Å²) < 4.78 is 11.0. The maximum atomic E-state index is 12.7. The molecule has 0 bridgehead atoms. The lowest BCUT2D eigenvalue weighted by atomic mass is 10.1. The number of ether oxygens (including phenoxy) is 2. The molecule has 0 saturated heterocycles. The van der Waals surface area contributed by atoms with Crippen molar-refractivity contribution in [2.75, 3.05) is 13.2 Å². The Kier molecular flexibility index (Phi) is 7.28. The van der Waals surface area contributed by atoms with Crippen LogP contribution in [0, 0.1) is 19.8 Å². The molecule has 0 radical (unpaired) electrons. The number of thiophene rings is 1. The number of aromatic nitrogens is 2. The number of benzene rings is 1. The second-order valence-electron chi connectivity index (χ2n) is 7.76. The molecule has 0 amide bonds. The Bertz CT molecular complexity index is 1160. The van der Waals surface area contributed by atoms with Crippen LogP contribution >= 0.6 is 11.3 Å². The molecule has 0 spiro atoms. The van der Waals surface area contributed by atoms with Gasteiger partial charge in [-0.25, -0.2) is 9.78 Å². The van der Waals surface area contributed by atoms with Crippen LogP contribution in [0.4, 0.5) is 0 Å². The van der Waals surface area contributed by atoms with E-state index in [1.54, 1.807) is 13.0 Å². The highest BCUT2D eigenvalue weighted by Crippen LogP contribution is 2.27. The molecule has 164 valence electrons. The molecule has 0 aliphatic heterocycles. The molecule has 0 aliphatic carbocycles. The Labute approximate surface area is 185 Å². The van der Waals surface area contributed by atoms with E-state index in [4.69, 9.17) is 9.47 Å². The minimum absolute atomic E-state index is 0.203. The zero-order valence-corrected chi connectivity index (χ0v) is 19.4. The van der Waals surface area contributed by atoms with Gasteiger partial charge in [0.1, 0.15) is 22.0 Å². The third-order valence-electron chi connectivity index (χ3n) is 4.94. The predicted octanol–water partition coefficient (Wildman–Crippen LogP) is 5.13. The van der Waals surface area contributed by atoms with Gasteiger partial charge in [-0.3, -0.25) is 4.79 Å². The second kappa shape index (κ2) is 9.92. The minimum Gasteiger partial charge on any atom is -0.494 e. The quantitative estimate of drug-likeness (QED) is 0.388. The molecule has 2 heterocycles. The molecule has 7 heteroatoms. The molecule has 2 aromatic heterocycles. The van der Waals surface area contributed by atoms with Gasteiger partial charge in [-0.1, -0.05) is 26.0 Å². The number of carbonyl (C=O) groups excluding carboxylic acids is 1. The summed E-state index contributed by atoms with van der Waals surface area (Å²) >= 11 is 1.44. The standard InChI is InChI=1S/C24H28N2O4S/c1-6-29-24(28)19(13-17-7-9-18(10-8-17)30-12-11-14(2)3)21-25-22(27)20-15(4)16(5)31-23(20)26-21/h7-10,13-14H,6,11-12H2,1-5H3,(H,25,26,27)/b19-13-. The lowest BCUT2D eigenvalue weighted by Gasteiger charge is -2.09. The molecule has 3 rings (SSSR count). The number of aryl methyl sites for hydroxylation is 2. The normalized spacial score (nSPS) is 11.9. The number of esters is 1. The van der Waals surface area contributed by atoms with Crippen LogP contribution in [0.25, 0.3) is 21.9 Å². The SMILES string of the molecule is CCOC(=O)/C(=C\c1ccc(OCCC(C)C)cc1)c1nc2sc(C)c(C)c2c(=O)[nH]1. The monoisotopic (exact) mass is 440 g/mol. The fraction of sp³-hybridized carbons (Fsp3) is 0.375. The highest BCUT2D eigenvalue weighted by Gasteiger charge is 2.19. The number of hydrogen-bond donors (Lipinski definition) is 1. The summed E-state index contributed by atoms with van der Waals surface area (Å²) in [5.74, 6) is 1.02. The number of aromatic amines is 1. The van der Waals surface area contributed by atoms with Crippen LogP contribution in [0.15, 0.2) is 29.1 Å². The average molecular weight is 441 g/mol. The van der Waals surface area contributed by atoms with Crippen molar-refractivity contribution < 1.29 is 14.3 Å². The van der Waals surface area contributed by atoms with Gasteiger partial charge in [0, 0.05) is 4.88 Å². The van der Waals surface area contributed by atoms with Gasteiger partial charge < -0.3 is 14.5 Å². The molecule has 0 fully saturated rings. The van der Waals surface area contributed by atoms with Gasteiger partial charge in [-0.15, -0.1) is 11.3 Å². The topological polar surface area (TPSA) is 81.3 Å². The van der Waals surface area contributed by atoms with Crippen molar-refractivity contribution in [2.24, 2.45) is 5.92 Å². The van der Waals surface area contributed by atoms with Crippen molar-refractivity contribution in [2.45, 2.75) is 41.0 Å². The molecular formula is C24H28N2O4S. The van der Waals surface area contributed by atoms with Gasteiger partial charge in [0.2, 0.25) is 0 Å². The third-order valence-corrected chi connectivity index (χ3v) is 6.05. The number of rotatable bonds is 8. The average Bonchev–Trinajstić information content (AvgIpc) is 3.01. The Morgan fingerprint density at radius 3 is 2.58 bits per heavy atom. The Hall–Kier alpha value is -2.93. The smallest absolute Gasteiger partial charge is 0.341 e. The first kappa shape index (κ1) is 22.7. The van der Waals surface area contributed by atoms with Crippen LogP contribution in [0.2, 0.25) is 0 Å². The summed E-state index contributed by atoms with van der Waals surface area (Å²) in [5, 5.41) is 0.567. The van der Waals surface area contributed by atoms with E-state index in [9.17, 15) is 9.59 Å². The van der Waals surface area contributed by atoms with Crippen LogP contribution in [-0.4, -0.2) is 29.2 Å². The highest BCUT2D eigenvalue weighted by atomic mass is 32.1. The van der Waals surface area contributed by atoms with E-state index in [1.165, 1.54) is 11.3 Å². The fourth-order valence-electron chi connectivity index (χ4n) is 3.05. The number of fused-ring (bicyclic) bond motifs is 1. The van der Waals surface area contributed by atoms with E-state index in [0.29, 0.717) is 22.7 Å². The first-order valence-electron chi connectivity index (χ1n) is 10.4. The Morgan fingerprint density at radius 2 is 1.94 bits per heavy atom. The van der Waals surface area contributed by atoms with Gasteiger partial charge in [0.25, 0.3) is 5.56 Å². The molecule has 0 saturated carbocycles. The molecule has 6 nitrogen and oxygen atoms in total. The zero-order valence-electron chi connectivity index (χ0n) is 18.6. The first-order valence-corrected chi connectivity index (χ1v) is 11.2. The van der Waals surface area contributed by atoms with Crippen LogP contribution in [0.1, 0.15) is 49.0 Å². The van der Waals surface area contributed by atoms with E-state index in [0.717, 1.165) is 28.2 Å². The van der Waals surface area contributed by atoms with Crippen LogP contribution in [-0.2, 0) is 9.53 Å². The lowest BCUT2D eigenvalue weighted by Crippen LogP contribution is -2.15. The predicted molar refractivity (Wildman–Crippen MR) is 126 cm³/mol. The number of nitrogens with zero attached hydrogens (tertiary/aromatic N) is 1. The lowest BCUT2D eigenvalue weighted by molar-refractivity contribution is -0.136. The molecule has 3 aromatic rings. The van der Waals surface area contributed by atoms with Crippen molar-refractivity contribution in [3.63, 3.8) is 0 Å². The summed E-state index contributed by atoms with van der Waals surface area (Å²) in [6.07, 6.45) is 2.66. The molecule has 0 atom stereocenters. The van der Waals surface area contributed by atoms with Crippen LogP contribution in [0.5, 0.6) is 5.75 Å². The first-order chi connectivity index (χ1) is 14.8. The molecule has 0 aliphatic rings. The van der Waals surface area contributed by atoms with E-state index in [2.05, 4.69) is 23.8 Å². The largest absolute Gasteiger partial charge is 0.494 e. The van der Waals surface area contributed by atoms with Gasteiger partial charge in [-0.05, 0) is 62.4 Å². The van der Waals surface area contributed by atoms with Crippen molar-refractivity contribution in [1.82, 2.24) is 9.97 Å². The van der Waals surface area contributed by atoms with Crippen molar-refractivity contribution >= 4 is 39.2 Å². The van der Waals surface area contributed by atoms with Gasteiger partial charge >= 0.3 is 5.97 Å². The number of nitrogens with one attached hydrogen (secondary N) is 1. The second-order valence-corrected chi connectivity index (χ2v) is 8.96. The van der Waals surface area contributed by atoms with E-state index < -0.39 is 5.97 Å². The molecule has 0 unspecified atom stereocenters. The maximum Gasteiger partial charge on any atom is 0.341 e. The van der Waals surface area contributed by atoms with Crippen molar-refractivity contribution in [3.8, 4) is 5.75 Å². The molecular weight excluding hydrogens is 412 g/mol. The van der Waals surface area contributed by atoms with Crippen LogP contribution < -0.4 is 10.3 Å². The van der Waals surface area contributed by atoms with Crippen molar-refractivity contribution in [3.05, 3.63) is 56.4 Å². The Balaban J connectivity index is 1.96. The number of carbonyl (C=O) groups is 1. The third kappa shape index (κ3) is 5.41. The number of H-pyrrole nitrogens is 1. The molecule has 1 N–H and O–H groups in total. The van der Waals surface area contributed by atoms with Gasteiger partial charge in [0.05, 0.1) is 18.6 Å². The summed E-state index contributed by atoms with van der Waals surface area (Å²) in [5.41, 5.74) is 1.64. The molecule has 1 aromatic carbocycles. The zero-order chi connectivity index (χ0) is 22.5. The molecule has 31 heavy (non-hydrogen) atoms. The fourth-order valence-corrected chi connectivity index (χ4v) is 4.08. The van der Waals surface area contributed by atoms with Gasteiger partial charge in [-0.2, -0.15) is 0 Å². The number of hydrogen-bond acceptors (Lipinski definition) is 6. The van der Waals surface area contributed by atoms with E-state index >= 15 is 0 Å². The maximum absolute atomic E-state index is 12.7. The Morgan fingerprint density at radius 1 is 1.23 bits per heavy atom. The summed E-state index contributed by atoms with van der Waals surface area (Å²) in [4.78, 5) is 34.3. The van der Waals surface area contributed by atoms with Gasteiger partial charge in [0.15, 0.2) is 0 Å². The van der Waals surface area contributed by atoms with E-state index in [1.807, 2.05) is 38.1 Å². The summed E-state index contributed by atoms with van der Waals surface area (Å²) in [7, 11) is 0. The highest BCUT2D eigenvalue weighted by molar-refractivity contribution is 7.18. The van der Waals surface area contributed by atoms with Crippen LogP contribution in [0.3, 0.4) is 0 Å². The summed E-state index contributed by atoms with van der Waals surface area (Å²) in [6.45, 7) is 10.8.